The second-order valence-corrected chi connectivity index (χ2v) is 5.87. The normalized spacial score (nSPS) is 47.8. The zero-order valence-corrected chi connectivity index (χ0v) is 10.4. The van der Waals surface area contributed by atoms with Crippen molar-refractivity contribution in [1.82, 2.24) is 0 Å². The Labute approximate surface area is 103 Å². The van der Waals surface area contributed by atoms with Crippen molar-refractivity contribution in [3.63, 3.8) is 0 Å². The molecule has 1 heterocycles. The molecule has 0 amide bonds. The van der Waals surface area contributed by atoms with Crippen LogP contribution < -0.4 is 0 Å². The van der Waals surface area contributed by atoms with Crippen molar-refractivity contribution in [1.29, 1.82) is 0 Å². The van der Waals surface area contributed by atoms with Crippen molar-refractivity contribution < 1.29 is 9.84 Å². The third-order valence-electron chi connectivity index (χ3n) is 5.15. The number of hydrogen-bond acceptors (Lipinski definition) is 2. The molecule has 0 bridgehead atoms. The second-order valence-electron chi connectivity index (χ2n) is 5.87. The van der Waals surface area contributed by atoms with Crippen LogP contribution in [0.4, 0.5) is 0 Å². The van der Waals surface area contributed by atoms with Gasteiger partial charge in [0.15, 0.2) is 0 Å². The van der Waals surface area contributed by atoms with Crippen LogP contribution in [0.25, 0.3) is 0 Å². The fraction of sp³-hybridized carbons (Fsp3) is 0.733. The maximum atomic E-state index is 10.9. The molecule has 1 saturated heterocycles. The Morgan fingerprint density at radius 1 is 1.47 bits per heavy atom. The highest BCUT2D eigenvalue weighted by Gasteiger charge is 2.66. The van der Waals surface area contributed by atoms with E-state index in [1.54, 1.807) is 0 Å². The lowest BCUT2D eigenvalue weighted by molar-refractivity contribution is -0.123. The van der Waals surface area contributed by atoms with Crippen LogP contribution in [0, 0.1) is 11.8 Å². The zero-order chi connectivity index (χ0) is 11.9. The highest BCUT2D eigenvalue weighted by Crippen LogP contribution is 2.59. The molecule has 17 heavy (non-hydrogen) atoms. The van der Waals surface area contributed by atoms with Gasteiger partial charge in [0.1, 0.15) is 5.60 Å². The van der Waals surface area contributed by atoms with E-state index in [2.05, 4.69) is 18.7 Å². The summed E-state index contributed by atoms with van der Waals surface area (Å²) in [4.78, 5) is 0. The Kier molecular flexibility index (Phi) is 2.68. The largest absolute Gasteiger partial charge is 0.387 e. The predicted octanol–water partition coefficient (Wildman–Crippen LogP) is 2.83. The van der Waals surface area contributed by atoms with Crippen molar-refractivity contribution in [3.05, 3.63) is 24.8 Å². The van der Waals surface area contributed by atoms with Crippen LogP contribution in [-0.2, 0) is 4.74 Å². The van der Waals surface area contributed by atoms with Gasteiger partial charge in [-0.15, -0.1) is 6.58 Å². The van der Waals surface area contributed by atoms with E-state index in [0.29, 0.717) is 11.8 Å². The van der Waals surface area contributed by atoms with Crippen molar-refractivity contribution >= 4 is 0 Å². The maximum Gasteiger partial charge on any atom is 0.104 e. The molecule has 2 fully saturated rings. The minimum atomic E-state index is -0.561. The first kappa shape index (κ1) is 11.5. The molecule has 1 aliphatic heterocycles. The van der Waals surface area contributed by atoms with E-state index < -0.39 is 5.60 Å². The Morgan fingerprint density at radius 3 is 3.18 bits per heavy atom. The number of aliphatic hydroxyl groups is 1. The van der Waals surface area contributed by atoms with E-state index in [9.17, 15) is 5.11 Å². The van der Waals surface area contributed by atoms with E-state index in [1.807, 2.05) is 6.08 Å². The standard InChI is InChI=1S/C15H22O2/c1-2-3-6-12-11-14(16)9-10-17-15(14)8-5-4-7-13(12)15/h2,4-5,12-13,16H,1,3,6-11H2/t12-,13-,14-,15-/m1/s1. The van der Waals surface area contributed by atoms with Crippen LogP contribution in [0.15, 0.2) is 24.8 Å². The minimum absolute atomic E-state index is 0.256. The van der Waals surface area contributed by atoms with Gasteiger partial charge in [-0.1, -0.05) is 18.2 Å². The summed E-state index contributed by atoms with van der Waals surface area (Å²) in [6.45, 7) is 4.54. The van der Waals surface area contributed by atoms with Crippen molar-refractivity contribution in [2.75, 3.05) is 6.61 Å². The van der Waals surface area contributed by atoms with Gasteiger partial charge < -0.3 is 9.84 Å². The molecule has 0 unspecified atom stereocenters. The molecule has 2 aliphatic carbocycles. The number of ether oxygens (including phenoxy) is 1. The van der Waals surface area contributed by atoms with E-state index >= 15 is 0 Å². The van der Waals surface area contributed by atoms with Gasteiger partial charge in [-0.25, -0.2) is 0 Å². The Morgan fingerprint density at radius 2 is 2.35 bits per heavy atom. The van der Waals surface area contributed by atoms with Gasteiger partial charge >= 0.3 is 0 Å². The number of allylic oxidation sites excluding steroid dienone is 2. The van der Waals surface area contributed by atoms with Gasteiger partial charge in [0.25, 0.3) is 0 Å². The summed E-state index contributed by atoms with van der Waals surface area (Å²) in [5.74, 6) is 1.11. The molecule has 1 N–H and O–H groups in total. The van der Waals surface area contributed by atoms with Crippen LogP contribution in [0.1, 0.15) is 38.5 Å². The predicted molar refractivity (Wildman–Crippen MR) is 67.7 cm³/mol. The molecule has 0 aromatic heterocycles. The van der Waals surface area contributed by atoms with Crippen molar-refractivity contribution in [2.24, 2.45) is 11.8 Å². The average molecular weight is 234 g/mol. The summed E-state index contributed by atoms with van der Waals surface area (Å²) in [6, 6.07) is 0. The number of rotatable bonds is 3. The quantitative estimate of drug-likeness (QED) is 0.761. The zero-order valence-electron chi connectivity index (χ0n) is 10.4. The van der Waals surface area contributed by atoms with Crippen molar-refractivity contribution in [2.45, 2.75) is 49.7 Å². The smallest absolute Gasteiger partial charge is 0.104 e. The Balaban J connectivity index is 1.89. The molecule has 94 valence electrons. The third-order valence-corrected chi connectivity index (χ3v) is 5.15. The first-order chi connectivity index (χ1) is 8.22. The van der Waals surface area contributed by atoms with Gasteiger partial charge in [-0.2, -0.15) is 0 Å². The topological polar surface area (TPSA) is 29.5 Å². The summed E-state index contributed by atoms with van der Waals surface area (Å²) >= 11 is 0. The molecular weight excluding hydrogens is 212 g/mol. The summed E-state index contributed by atoms with van der Waals surface area (Å²) in [7, 11) is 0. The molecule has 3 rings (SSSR count). The lowest BCUT2D eigenvalue weighted by Crippen LogP contribution is -2.51. The fourth-order valence-electron chi connectivity index (χ4n) is 4.35. The van der Waals surface area contributed by atoms with Crippen LogP contribution in [0.3, 0.4) is 0 Å². The van der Waals surface area contributed by atoms with Crippen LogP contribution in [0.5, 0.6) is 0 Å². The lowest BCUT2D eigenvalue weighted by Gasteiger charge is -2.41. The second kappa shape index (κ2) is 3.96. The van der Waals surface area contributed by atoms with Crippen LogP contribution >= 0.6 is 0 Å². The summed E-state index contributed by atoms with van der Waals surface area (Å²) in [5.41, 5.74) is -0.818. The van der Waals surface area contributed by atoms with Gasteiger partial charge in [0.2, 0.25) is 0 Å². The van der Waals surface area contributed by atoms with E-state index in [1.165, 1.54) is 0 Å². The molecule has 0 aromatic carbocycles. The molecule has 2 heteroatoms. The SMILES string of the molecule is C=CCC[C@@H]1C[C@]2(O)CCO[C@@]23CC=CC[C@H]13. The van der Waals surface area contributed by atoms with Crippen molar-refractivity contribution in [3.8, 4) is 0 Å². The lowest BCUT2D eigenvalue weighted by atomic mass is 9.73. The average Bonchev–Trinajstić information content (AvgIpc) is 2.75. The summed E-state index contributed by atoms with van der Waals surface area (Å²) < 4.78 is 6.05. The minimum Gasteiger partial charge on any atom is -0.387 e. The summed E-state index contributed by atoms with van der Waals surface area (Å²) in [5, 5.41) is 10.9. The maximum absolute atomic E-state index is 10.9. The highest BCUT2D eigenvalue weighted by molar-refractivity contribution is 5.21. The van der Waals surface area contributed by atoms with Gasteiger partial charge in [-0.3, -0.25) is 0 Å². The van der Waals surface area contributed by atoms with Gasteiger partial charge in [0, 0.05) is 6.42 Å². The number of hydrogen-bond donors (Lipinski definition) is 1. The van der Waals surface area contributed by atoms with E-state index in [4.69, 9.17) is 4.74 Å². The molecule has 0 aromatic rings. The molecule has 3 aliphatic rings. The molecule has 2 nitrogen and oxygen atoms in total. The molecule has 0 radical (unpaired) electrons. The Bertz CT molecular complexity index is 349. The molecular formula is C15H22O2. The highest BCUT2D eigenvalue weighted by atomic mass is 16.5. The Hall–Kier alpha value is -0.600. The molecule has 1 saturated carbocycles. The first-order valence-electron chi connectivity index (χ1n) is 6.84. The summed E-state index contributed by atoms with van der Waals surface area (Å²) in [6.07, 6.45) is 12.4. The van der Waals surface area contributed by atoms with E-state index in [0.717, 1.165) is 45.1 Å². The van der Waals surface area contributed by atoms with Gasteiger partial charge in [0.05, 0.1) is 12.2 Å². The molecule has 1 spiro atoms. The fourth-order valence-corrected chi connectivity index (χ4v) is 4.35. The van der Waals surface area contributed by atoms with Crippen LogP contribution in [0.2, 0.25) is 0 Å². The molecule has 4 atom stereocenters. The van der Waals surface area contributed by atoms with Gasteiger partial charge in [-0.05, 0) is 43.9 Å². The third kappa shape index (κ3) is 1.47. The van der Waals surface area contributed by atoms with Crippen LogP contribution in [-0.4, -0.2) is 22.9 Å². The van der Waals surface area contributed by atoms with E-state index in [-0.39, 0.29) is 5.60 Å². The monoisotopic (exact) mass is 234 g/mol. The first-order valence-corrected chi connectivity index (χ1v) is 6.84.